The highest BCUT2D eigenvalue weighted by atomic mass is 32.1. The number of anilines is 1. The van der Waals surface area contributed by atoms with E-state index in [0.717, 1.165) is 11.3 Å². The maximum absolute atomic E-state index is 13.2. The Balaban J connectivity index is 1.69. The molecule has 8 heteroatoms. The van der Waals surface area contributed by atoms with E-state index in [-0.39, 0.29) is 11.9 Å². The molecule has 0 aliphatic carbocycles. The number of fused-ring (bicyclic) bond motifs is 4. The molecule has 3 N–H and O–H groups in total. The molecule has 146 valence electrons. The first-order valence-electron chi connectivity index (χ1n) is 8.84. The third kappa shape index (κ3) is 2.99. The Hall–Kier alpha value is -3.00. The Labute approximate surface area is 168 Å². The van der Waals surface area contributed by atoms with E-state index in [1.54, 1.807) is 38.5 Å². The molecule has 7 nitrogen and oxygen atoms in total. The fourth-order valence-electron chi connectivity index (χ4n) is 3.78. The normalized spacial score (nSPS) is 24.8. The predicted octanol–water partition coefficient (Wildman–Crippen LogP) is 2.59. The van der Waals surface area contributed by atoms with Gasteiger partial charge in [0.05, 0.1) is 20.3 Å². The summed E-state index contributed by atoms with van der Waals surface area (Å²) < 4.78 is 16.8. The first-order valence-corrected chi connectivity index (χ1v) is 9.25. The number of para-hydroxylation sites is 1. The molecule has 0 radical (unpaired) electrons. The van der Waals surface area contributed by atoms with Gasteiger partial charge in [-0.1, -0.05) is 12.1 Å². The number of methoxy groups -OCH3 is 2. The van der Waals surface area contributed by atoms with Gasteiger partial charge in [-0.2, -0.15) is 0 Å². The number of carbonyl (C=O) groups is 1. The van der Waals surface area contributed by atoms with Gasteiger partial charge < -0.3 is 30.2 Å². The number of thiocarbonyl (C=S) groups is 1. The molecule has 1 fully saturated rings. The van der Waals surface area contributed by atoms with Gasteiger partial charge in [0.1, 0.15) is 11.7 Å². The highest BCUT2D eigenvalue weighted by molar-refractivity contribution is 7.80. The lowest BCUT2D eigenvalue weighted by Crippen LogP contribution is -2.70. The molecular weight excluding hydrogens is 378 g/mol. The number of hydrogen-bond acceptors (Lipinski definition) is 5. The van der Waals surface area contributed by atoms with Crippen molar-refractivity contribution in [2.75, 3.05) is 19.5 Å². The lowest BCUT2D eigenvalue weighted by Gasteiger charge is -2.50. The molecular formula is C20H21N3O4S. The molecule has 4 rings (SSSR count). The summed E-state index contributed by atoms with van der Waals surface area (Å²) in [7, 11) is 3.19. The molecule has 3 unspecified atom stereocenters. The summed E-state index contributed by atoms with van der Waals surface area (Å²) in [4.78, 5) is 13.2. The van der Waals surface area contributed by atoms with E-state index < -0.39 is 11.6 Å². The van der Waals surface area contributed by atoms with Crippen LogP contribution >= 0.6 is 12.2 Å². The predicted molar refractivity (Wildman–Crippen MR) is 109 cm³/mol. The maximum atomic E-state index is 13.2. The minimum absolute atomic E-state index is 0.186. The van der Waals surface area contributed by atoms with Crippen LogP contribution in [0.15, 0.2) is 42.5 Å². The number of nitrogens with one attached hydrogen (secondary N) is 3. The number of amides is 1. The summed E-state index contributed by atoms with van der Waals surface area (Å²) in [5, 5.41) is 9.73. The molecule has 1 amide bonds. The van der Waals surface area contributed by atoms with Gasteiger partial charge in [-0.25, -0.2) is 0 Å². The number of benzene rings is 2. The third-order valence-corrected chi connectivity index (χ3v) is 5.31. The standard InChI is InChI=1S/C20H21N3O4S/c1-20-15(18(24)21-11-7-9-12(25-2)10-8-11)16(22-19(28)23-20)13-5-4-6-14(26-3)17(13)27-20/h4-10,15-16H,1-3H3,(H,21,24)(H2,22,23,28). The lowest BCUT2D eigenvalue weighted by atomic mass is 9.79. The molecule has 2 aliphatic rings. The summed E-state index contributed by atoms with van der Waals surface area (Å²) in [6.07, 6.45) is 0. The van der Waals surface area contributed by atoms with Crippen LogP contribution in [-0.2, 0) is 4.79 Å². The molecule has 2 bridgehead atoms. The summed E-state index contributed by atoms with van der Waals surface area (Å²) in [6, 6.07) is 12.4. The Morgan fingerprint density at radius 1 is 1.18 bits per heavy atom. The third-order valence-electron chi connectivity index (χ3n) is 5.09. The van der Waals surface area contributed by atoms with Gasteiger partial charge in [0.2, 0.25) is 5.91 Å². The second-order valence-corrected chi connectivity index (χ2v) is 7.27. The van der Waals surface area contributed by atoms with Crippen molar-refractivity contribution in [1.29, 1.82) is 0 Å². The zero-order valence-electron chi connectivity index (χ0n) is 15.7. The van der Waals surface area contributed by atoms with Crippen molar-refractivity contribution in [1.82, 2.24) is 10.6 Å². The van der Waals surface area contributed by atoms with Crippen molar-refractivity contribution in [3.63, 3.8) is 0 Å². The molecule has 2 aromatic carbocycles. The zero-order chi connectivity index (χ0) is 19.9. The van der Waals surface area contributed by atoms with Gasteiger partial charge in [0.15, 0.2) is 22.3 Å². The van der Waals surface area contributed by atoms with Crippen LogP contribution in [-0.4, -0.2) is 31.0 Å². The van der Waals surface area contributed by atoms with Crippen LogP contribution in [0.4, 0.5) is 5.69 Å². The van der Waals surface area contributed by atoms with Gasteiger partial charge in [-0.05, 0) is 49.5 Å². The van der Waals surface area contributed by atoms with Crippen molar-refractivity contribution in [2.45, 2.75) is 18.7 Å². The fraction of sp³-hybridized carbons (Fsp3) is 0.300. The summed E-state index contributed by atoms with van der Waals surface area (Å²) >= 11 is 5.34. The zero-order valence-corrected chi connectivity index (χ0v) is 16.6. The van der Waals surface area contributed by atoms with E-state index in [1.165, 1.54) is 0 Å². The molecule has 28 heavy (non-hydrogen) atoms. The highest BCUT2D eigenvalue weighted by Crippen LogP contribution is 2.48. The van der Waals surface area contributed by atoms with Crippen LogP contribution in [0.2, 0.25) is 0 Å². The molecule has 2 heterocycles. The van der Waals surface area contributed by atoms with Gasteiger partial charge in [0.25, 0.3) is 0 Å². The van der Waals surface area contributed by atoms with Crippen LogP contribution in [0.5, 0.6) is 17.2 Å². The van der Waals surface area contributed by atoms with Crippen LogP contribution in [0.3, 0.4) is 0 Å². The minimum atomic E-state index is -1.02. The molecule has 1 saturated heterocycles. The average Bonchev–Trinajstić information content (AvgIpc) is 2.67. The number of carbonyl (C=O) groups excluding carboxylic acids is 1. The Morgan fingerprint density at radius 3 is 2.61 bits per heavy atom. The van der Waals surface area contributed by atoms with E-state index >= 15 is 0 Å². The molecule has 2 aromatic rings. The molecule has 0 spiro atoms. The molecule has 2 aliphatic heterocycles. The number of ether oxygens (including phenoxy) is 3. The SMILES string of the molecule is COc1ccc(NC(=O)C2C3NC(=S)NC2(C)Oc2c(OC)cccc23)cc1. The van der Waals surface area contributed by atoms with Gasteiger partial charge in [0, 0.05) is 11.3 Å². The van der Waals surface area contributed by atoms with Gasteiger partial charge in [-0.3, -0.25) is 4.79 Å². The van der Waals surface area contributed by atoms with Crippen LogP contribution in [0, 0.1) is 5.92 Å². The number of rotatable bonds is 4. The van der Waals surface area contributed by atoms with E-state index in [0.29, 0.717) is 22.3 Å². The highest BCUT2D eigenvalue weighted by Gasteiger charge is 2.55. The van der Waals surface area contributed by atoms with Crippen molar-refractivity contribution in [3.05, 3.63) is 48.0 Å². The monoisotopic (exact) mass is 399 g/mol. The topological polar surface area (TPSA) is 80.9 Å². The van der Waals surface area contributed by atoms with Crippen LogP contribution in [0.25, 0.3) is 0 Å². The summed E-state index contributed by atoms with van der Waals surface area (Å²) in [6.45, 7) is 1.82. The molecule has 0 aromatic heterocycles. The van der Waals surface area contributed by atoms with Crippen molar-refractivity contribution in [2.24, 2.45) is 5.92 Å². The second kappa shape index (κ2) is 6.87. The van der Waals surface area contributed by atoms with Crippen LogP contribution in [0.1, 0.15) is 18.5 Å². The van der Waals surface area contributed by atoms with Gasteiger partial charge in [-0.15, -0.1) is 0 Å². The van der Waals surface area contributed by atoms with E-state index in [2.05, 4.69) is 16.0 Å². The smallest absolute Gasteiger partial charge is 0.236 e. The Kier molecular flexibility index (Phi) is 4.50. The Bertz CT molecular complexity index is 934. The fourth-order valence-corrected chi connectivity index (χ4v) is 4.11. The van der Waals surface area contributed by atoms with E-state index in [1.807, 2.05) is 25.1 Å². The Morgan fingerprint density at radius 2 is 1.93 bits per heavy atom. The maximum Gasteiger partial charge on any atom is 0.236 e. The van der Waals surface area contributed by atoms with Crippen molar-refractivity contribution in [3.8, 4) is 17.2 Å². The first kappa shape index (κ1) is 18.4. The lowest BCUT2D eigenvalue weighted by molar-refractivity contribution is -0.132. The first-order chi connectivity index (χ1) is 13.4. The second-order valence-electron chi connectivity index (χ2n) is 6.86. The van der Waals surface area contributed by atoms with Crippen molar-refractivity contribution < 1.29 is 19.0 Å². The minimum Gasteiger partial charge on any atom is -0.497 e. The summed E-state index contributed by atoms with van der Waals surface area (Å²) in [5.41, 5.74) is 0.479. The molecule has 0 saturated carbocycles. The molecule has 3 atom stereocenters. The van der Waals surface area contributed by atoms with Crippen LogP contribution < -0.4 is 30.2 Å². The summed E-state index contributed by atoms with van der Waals surface area (Å²) in [5.74, 6) is 1.18. The largest absolute Gasteiger partial charge is 0.497 e. The van der Waals surface area contributed by atoms with Crippen molar-refractivity contribution >= 4 is 28.9 Å². The quantitative estimate of drug-likeness (QED) is 0.682. The average molecular weight is 399 g/mol. The van der Waals surface area contributed by atoms with E-state index in [9.17, 15) is 4.79 Å². The number of hydrogen-bond donors (Lipinski definition) is 3. The van der Waals surface area contributed by atoms with E-state index in [4.69, 9.17) is 26.4 Å². The van der Waals surface area contributed by atoms with Gasteiger partial charge >= 0.3 is 0 Å².